The maximum Gasteiger partial charge on any atom is 0.248 e. The van der Waals surface area contributed by atoms with Gasteiger partial charge in [0.15, 0.2) is 5.78 Å². The molecule has 11 heteroatoms. The molecule has 1 fully saturated rings. The highest BCUT2D eigenvalue weighted by atomic mass is 16.2. The first kappa shape index (κ1) is 30.1. The van der Waals surface area contributed by atoms with E-state index in [0.717, 1.165) is 27.9 Å². The number of ketones is 1. The number of amides is 2. The zero-order chi connectivity index (χ0) is 32.2. The number of aromatic nitrogens is 5. The second kappa shape index (κ2) is 11.2. The van der Waals surface area contributed by atoms with Gasteiger partial charge in [0.25, 0.3) is 0 Å². The van der Waals surface area contributed by atoms with Crippen LogP contribution in [0.5, 0.6) is 0 Å². The minimum atomic E-state index is -0.750. The highest BCUT2D eigenvalue weighted by molar-refractivity contribution is 6.07. The minimum absolute atomic E-state index is 0.156. The van der Waals surface area contributed by atoms with Crippen LogP contribution in [0.15, 0.2) is 36.7 Å². The Balaban J connectivity index is 1.39. The molecule has 1 aliphatic carbocycles. The molecule has 0 radical (unpaired) electrons. The predicted octanol–water partition coefficient (Wildman–Crippen LogP) is 3.71. The normalized spacial score (nSPS) is 20.0. The van der Waals surface area contributed by atoms with Gasteiger partial charge in [-0.25, -0.2) is 15.0 Å². The number of rotatable bonds is 8. The van der Waals surface area contributed by atoms with Crippen molar-refractivity contribution in [2.24, 2.45) is 5.41 Å². The predicted molar refractivity (Wildman–Crippen MR) is 170 cm³/mol. The highest BCUT2D eigenvalue weighted by Crippen LogP contribution is 2.45. The Labute approximate surface area is 262 Å². The lowest BCUT2D eigenvalue weighted by Crippen LogP contribution is -2.50. The molecule has 4 heterocycles. The number of fused-ring (bicyclic) bond motifs is 2. The lowest BCUT2D eigenvalue weighted by Gasteiger charge is -2.34. The second-order valence-electron chi connectivity index (χ2n) is 12.6. The van der Waals surface area contributed by atoms with E-state index in [0.29, 0.717) is 35.5 Å². The van der Waals surface area contributed by atoms with Crippen LogP contribution < -0.4 is 5.32 Å². The van der Waals surface area contributed by atoms with Crippen molar-refractivity contribution >= 4 is 34.3 Å². The molecule has 0 saturated carbocycles. The Morgan fingerprint density at radius 3 is 2.47 bits per heavy atom. The molecule has 1 aliphatic heterocycles. The largest absolute Gasteiger partial charge is 0.314 e. The lowest BCUT2D eigenvalue weighted by molar-refractivity contribution is -0.138. The summed E-state index contributed by atoms with van der Waals surface area (Å²) < 4.78 is 1.60. The second-order valence-corrected chi connectivity index (χ2v) is 12.6. The Morgan fingerprint density at radius 2 is 1.82 bits per heavy atom. The summed E-state index contributed by atoms with van der Waals surface area (Å²) in [4.78, 5) is 57.6. The summed E-state index contributed by atoms with van der Waals surface area (Å²) in [6.07, 6.45) is 3.93. The van der Waals surface area contributed by atoms with E-state index in [9.17, 15) is 14.4 Å². The molecule has 0 spiro atoms. The number of carbonyl (C=O) groups excluding carboxylic acids is 3. The average Bonchev–Trinajstić information content (AvgIpc) is 3.43. The molecule has 6 rings (SSSR count). The van der Waals surface area contributed by atoms with Crippen LogP contribution in [0.25, 0.3) is 22.0 Å². The van der Waals surface area contributed by atoms with Gasteiger partial charge in [0.05, 0.1) is 10.9 Å². The van der Waals surface area contributed by atoms with Gasteiger partial charge in [-0.15, -0.1) is 0 Å². The van der Waals surface area contributed by atoms with Gasteiger partial charge in [0.1, 0.15) is 36.0 Å². The standard InChI is InChI=1S/C34H36N8O3/c1-19-8-9-20(2)37-32(19)38-33(45)27-14-34(5)11-10-28(34)42(27)29(44)18-41-31-24(17-40(6)7)12-23(25-15-35-22(4)36-16-25)13-26(31)30(39-41)21(3)43/h8-9,12-13,15-16,27-28H,14,17-18H2,1-7H3,(H,37,38,45)/t27-,28+,34+/m0/s1. The molecule has 230 valence electrons. The molecule has 1 saturated heterocycles. The van der Waals surface area contributed by atoms with E-state index in [2.05, 4.69) is 37.2 Å². The van der Waals surface area contributed by atoms with Crippen LogP contribution in [-0.2, 0) is 22.7 Å². The number of hydrogen-bond acceptors (Lipinski definition) is 8. The summed E-state index contributed by atoms with van der Waals surface area (Å²) in [5.74, 6) is 6.63. The van der Waals surface area contributed by atoms with Crippen LogP contribution in [-0.4, -0.2) is 78.3 Å². The molecule has 3 aromatic heterocycles. The van der Waals surface area contributed by atoms with E-state index in [-0.39, 0.29) is 29.8 Å². The van der Waals surface area contributed by atoms with Crippen LogP contribution in [0.4, 0.5) is 5.82 Å². The van der Waals surface area contributed by atoms with Crippen molar-refractivity contribution in [2.45, 2.75) is 66.2 Å². The number of Topliss-reactive ketones (excluding diaryl/α,β-unsaturated/α-hetero) is 1. The fourth-order valence-electron chi connectivity index (χ4n) is 6.25. The molecule has 2 aliphatic rings. The van der Waals surface area contributed by atoms with Gasteiger partial charge in [-0.05, 0) is 83.1 Å². The number of aryl methyl sites for hydroxylation is 3. The van der Waals surface area contributed by atoms with Crippen molar-refractivity contribution in [3.8, 4) is 23.0 Å². The van der Waals surface area contributed by atoms with E-state index in [4.69, 9.17) is 0 Å². The molecule has 0 unspecified atom stereocenters. The van der Waals surface area contributed by atoms with Crippen LogP contribution in [0.2, 0.25) is 0 Å². The summed E-state index contributed by atoms with van der Waals surface area (Å²) in [5.41, 5.74) is 4.66. The van der Waals surface area contributed by atoms with Gasteiger partial charge in [-0.3, -0.25) is 19.1 Å². The van der Waals surface area contributed by atoms with Crippen molar-refractivity contribution in [2.75, 3.05) is 19.4 Å². The topological polar surface area (TPSA) is 126 Å². The molecular weight excluding hydrogens is 568 g/mol. The van der Waals surface area contributed by atoms with Crippen LogP contribution in [0.3, 0.4) is 0 Å². The van der Waals surface area contributed by atoms with Crippen molar-refractivity contribution < 1.29 is 14.4 Å². The summed E-state index contributed by atoms with van der Waals surface area (Å²) in [6.45, 7) is 9.41. The Hall–Kier alpha value is -4.95. The lowest BCUT2D eigenvalue weighted by atomic mass is 9.76. The molecule has 45 heavy (non-hydrogen) atoms. The van der Waals surface area contributed by atoms with E-state index in [1.807, 2.05) is 71.0 Å². The van der Waals surface area contributed by atoms with Crippen LogP contribution in [0.1, 0.15) is 53.4 Å². The number of hydrogen-bond donors (Lipinski definition) is 1. The average molecular weight is 605 g/mol. The molecule has 3 atom stereocenters. The SMILES string of the molecule is CC(=O)c1nn(CC(=O)N2[C@H](C(=O)Nc3nc(C)ccc3C)C[C@@]3(C)C#C[C@@H]23)c2c(CN(C)C)cc(-c3cnc(C)nc3)cc12. The molecule has 11 nitrogen and oxygen atoms in total. The Kier molecular flexibility index (Phi) is 7.49. The first-order chi connectivity index (χ1) is 21.3. The molecule has 0 bridgehead atoms. The summed E-state index contributed by atoms with van der Waals surface area (Å²) in [6, 6.07) is 6.58. The maximum absolute atomic E-state index is 14.2. The van der Waals surface area contributed by atoms with Crippen molar-refractivity contribution in [1.29, 1.82) is 0 Å². The maximum atomic E-state index is 14.2. The van der Waals surface area contributed by atoms with Crippen LogP contribution >= 0.6 is 0 Å². The zero-order valence-electron chi connectivity index (χ0n) is 26.6. The van der Waals surface area contributed by atoms with Crippen LogP contribution in [0, 0.1) is 38.0 Å². The first-order valence-electron chi connectivity index (χ1n) is 14.9. The number of benzene rings is 1. The van der Waals surface area contributed by atoms with Crippen molar-refractivity contribution in [1.82, 2.24) is 34.5 Å². The van der Waals surface area contributed by atoms with Gasteiger partial charge in [0.2, 0.25) is 11.8 Å². The van der Waals surface area contributed by atoms with Crippen molar-refractivity contribution in [3.05, 3.63) is 65.0 Å². The number of anilines is 1. The van der Waals surface area contributed by atoms with Gasteiger partial charge >= 0.3 is 0 Å². The quantitative estimate of drug-likeness (QED) is 0.238. The third-order valence-corrected chi connectivity index (χ3v) is 8.54. The van der Waals surface area contributed by atoms with E-state index >= 15 is 0 Å². The zero-order valence-corrected chi connectivity index (χ0v) is 26.6. The van der Waals surface area contributed by atoms with Gasteiger partial charge < -0.3 is 15.1 Å². The monoisotopic (exact) mass is 604 g/mol. The number of pyridine rings is 1. The fourth-order valence-corrected chi connectivity index (χ4v) is 6.25. The molecule has 1 aromatic carbocycles. The number of carbonyl (C=O) groups is 3. The summed E-state index contributed by atoms with van der Waals surface area (Å²) >= 11 is 0. The summed E-state index contributed by atoms with van der Waals surface area (Å²) in [5, 5.41) is 8.28. The van der Waals surface area contributed by atoms with Gasteiger partial charge in [-0.1, -0.05) is 17.9 Å². The molecular formula is C34H36N8O3. The number of nitrogens with zero attached hydrogens (tertiary/aromatic N) is 7. The number of nitrogens with one attached hydrogen (secondary N) is 1. The van der Waals surface area contributed by atoms with E-state index in [1.165, 1.54) is 6.92 Å². The van der Waals surface area contributed by atoms with Gasteiger partial charge in [0, 0.05) is 42.5 Å². The number of likely N-dealkylation sites (tertiary alicyclic amines) is 1. The Bertz CT molecular complexity index is 1930. The third-order valence-electron chi connectivity index (χ3n) is 8.54. The van der Waals surface area contributed by atoms with E-state index < -0.39 is 17.5 Å². The fraction of sp³-hybridized carbons (Fsp3) is 0.382. The molecule has 1 N–H and O–H groups in total. The van der Waals surface area contributed by atoms with Gasteiger partial charge in [-0.2, -0.15) is 5.10 Å². The Morgan fingerprint density at radius 1 is 1.09 bits per heavy atom. The van der Waals surface area contributed by atoms with E-state index in [1.54, 1.807) is 22.0 Å². The molecule has 4 aromatic rings. The molecule has 2 amide bonds. The summed E-state index contributed by atoms with van der Waals surface area (Å²) in [7, 11) is 3.92. The highest BCUT2D eigenvalue weighted by Gasteiger charge is 2.56. The smallest absolute Gasteiger partial charge is 0.248 e. The first-order valence-corrected chi connectivity index (χ1v) is 14.9. The minimum Gasteiger partial charge on any atom is -0.314 e. The third kappa shape index (κ3) is 5.46. The van der Waals surface area contributed by atoms with Crippen molar-refractivity contribution in [3.63, 3.8) is 0 Å².